The maximum absolute atomic E-state index is 8.43. The molecule has 0 amide bonds. The van der Waals surface area contributed by atoms with Crippen molar-refractivity contribution in [1.29, 1.82) is 0 Å². The Morgan fingerprint density at radius 3 is 2.22 bits per heavy atom. The van der Waals surface area contributed by atoms with Crippen LogP contribution in [0.25, 0.3) is 6.08 Å². The summed E-state index contributed by atoms with van der Waals surface area (Å²) in [6.45, 7) is 3.55. The van der Waals surface area contributed by atoms with Gasteiger partial charge in [-0.2, -0.15) is 0 Å². The van der Waals surface area contributed by atoms with Crippen molar-refractivity contribution in [3.05, 3.63) is 90.7 Å². The monoisotopic (exact) mass is 237 g/mol. The fourth-order valence-corrected chi connectivity index (χ4v) is 1.63. The molecule has 0 fully saturated rings. The van der Waals surface area contributed by atoms with Gasteiger partial charge in [-0.1, -0.05) is 73.3 Å². The first kappa shape index (κ1) is 10.8. The highest BCUT2D eigenvalue weighted by molar-refractivity contribution is 5.50. The lowest BCUT2D eigenvalue weighted by Gasteiger charge is -2.12. The molecule has 1 nitrogen and oxygen atoms in total. The third kappa shape index (κ3) is 3.36. The molecule has 0 aliphatic heterocycles. The maximum atomic E-state index is 8.43. The number of benzene rings is 2. The fourth-order valence-electron chi connectivity index (χ4n) is 1.63. The first-order valence-corrected chi connectivity index (χ1v) is 5.83. The molecule has 0 saturated heterocycles. The van der Waals surface area contributed by atoms with Gasteiger partial charge in [-0.05, 0) is 17.2 Å². The van der Waals surface area contributed by atoms with Gasteiger partial charge >= 0.3 is 0 Å². The average molecular weight is 237 g/mol. The molecule has 0 saturated carbocycles. The highest BCUT2D eigenvalue weighted by atomic mass is 16.5. The van der Waals surface area contributed by atoms with Crippen molar-refractivity contribution < 1.29 is 6.11 Å². The molecule has 0 heterocycles. The molecule has 0 aliphatic carbocycles. The van der Waals surface area contributed by atoms with Crippen molar-refractivity contribution in [2.45, 2.75) is 6.08 Å². The third-order valence-corrected chi connectivity index (χ3v) is 2.50. The summed E-state index contributed by atoms with van der Waals surface area (Å²) in [5.41, 5.74) is 1.80. The van der Waals surface area contributed by atoms with Crippen LogP contribution in [0, 0.1) is 0 Å². The first-order chi connectivity index (χ1) is 9.24. The van der Waals surface area contributed by atoms with E-state index in [0.29, 0.717) is 0 Å². The maximum Gasteiger partial charge on any atom is 0.141 e. The van der Waals surface area contributed by atoms with Gasteiger partial charge in [-0.15, -0.1) is 0 Å². The minimum atomic E-state index is -1.25. The Morgan fingerprint density at radius 2 is 1.61 bits per heavy atom. The lowest BCUT2D eigenvalue weighted by molar-refractivity contribution is 0.192. The molecule has 0 bridgehead atoms. The van der Waals surface area contributed by atoms with Crippen LogP contribution >= 0.6 is 0 Å². The summed E-state index contributed by atoms with van der Waals surface area (Å²) in [7, 11) is 0. The van der Waals surface area contributed by atoms with Crippen LogP contribution < -0.4 is 0 Å². The summed E-state index contributed by atoms with van der Waals surface area (Å²) < 4.78 is 13.8. The molecule has 1 atom stereocenters. The minimum absolute atomic E-state index is 0.766. The Hall–Kier alpha value is -2.28. The second kappa shape index (κ2) is 6.45. The Kier molecular flexibility index (Phi) is 3.89. The SMILES string of the molecule is [2H]C(/C=C\c1ccccc1)(OC=C)c1ccccc1. The predicted octanol–water partition coefficient (Wildman–Crippen LogP) is 4.60. The summed E-state index contributed by atoms with van der Waals surface area (Å²) in [5, 5.41) is 0. The van der Waals surface area contributed by atoms with E-state index in [2.05, 4.69) is 6.58 Å². The van der Waals surface area contributed by atoms with Crippen LogP contribution in [0.3, 0.4) is 0 Å². The fraction of sp³-hybridized carbons (Fsp3) is 0.0588. The molecule has 0 radical (unpaired) electrons. The van der Waals surface area contributed by atoms with Crippen molar-refractivity contribution >= 4 is 6.08 Å². The van der Waals surface area contributed by atoms with Gasteiger partial charge in [0.05, 0.1) is 7.63 Å². The minimum Gasteiger partial charge on any atom is -0.490 e. The van der Waals surface area contributed by atoms with Crippen LogP contribution in [-0.2, 0) is 4.74 Å². The van der Waals surface area contributed by atoms with Crippen LogP contribution in [0.1, 0.15) is 18.6 Å². The summed E-state index contributed by atoms with van der Waals surface area (Å²) >= 11 is 0. The van der Waals surface area contributed by atoms with Gasteiger partial charge in [-0.25, -0.2) is 0 Å². The van der Waals surface area contributed by atoms with E-state index in [-0.39, 0.29) is 0 Å². The Labute approximate surface area is 109 Å². The predicted molar refractivity (Wildman–Crippen MR) is 75.9 cm³/mol. The quantitative estimate of drug-likeness (QED) is 0.690. The lowest BCUT2D eigenvalue weighted by atomic mass is 10.1. The highest BCUT2D eigenvalue weighted by Crippen LogP contribution is 2.20. The molecule has 18 heavy (non-hydrogen) atoms. The molecule has 0 aromatic heterocycles. The first-order valence-electron chi connectivity index (χ1n) is 6.33. The Bertz CT molecular complexity index is 548. The largest absolute Gasteiger partial charge is 0.490 e. The number of hydrogen-bond donors (Lipinski definition) is 0. The molecule has 0 spiro atoms. The zero-order valence-corrected chi connectivity index (χ0v) is 10.1. The van der Waals surface area contributed by atoms with Gasteiger partial charge in [0.15, 0.2) is 0 Å². The lowest BCUT2D eigenvalue weighted by Crippen LogP contribution is -1.96. The molecular formula is C17H16O. The van der Waals surface area contributed by atoms with Crippen LogP contribution in [-0.4, -0.2) is 0 Å². The molecule has 1 unspecified atom stereocenters. The molecule has 1 heteroatoms. The van der Waals surface area contributed by atoms with E-state index < -0.39 is 6.08 Å². The van der Waals surface area contributed by atoms with Crippen molar-refractivity contribution in [3.63, 3.8) is 0 Å². The van der Waals surface area contributed by atoms with Crippen LogP contribution in [0.15, 0.2) is 79.6 Å². The normalized spacial score (nSPS) is 14.8. The third-order valence-electron chi connectivity index (χ3n) is 2.50. The van der Waals surface area contributed by atoms with Gasteiger partial charge in [0, 0.05) is 0 Å². The van der Waals surface area contributed by atoms with Gasteiger partial charge < -0.3 is 4.74 Å². The number of ether oxygens (including phenoxy) is 1. The number of hydrogen-bond acceptors (Lipinski definition) is 1. The Balaban J connectivity index is 2.30. The van der Waals surface area contributed by atoms with E-state index in [1.165, 1.54) is 6.26 Å². The standard InChI is InChI=1S/C17H16O/c1-2-18-17(16-11-7-4-8-12-16)14-13-15-9-5-3-6-10-15/h2-14,17H,1H2/b14-13-/i17D. The van der Waals surface area contributed by atoms with Gasteiger partial charge in [0.2, 0.25) is 0 Å². The number of rotatable bonds is 5. The van der Waals surface area contributed by atoms with E-state index in [0.717, 1.165) is 11.1 Å². The van der Waals surface area contributed by atoms with E-state index in [1.54, 1.807) is 6.08 Å². The average Bonchev–Trinajstić information content (AvgIpc) is 2.48. The van der Waals surface area contributed by atoms with Crippen LogP contribution in [0.4, 0.5) is 0 Å². The van der Waals surface area contributed by atoms with E-state index in [1.807, 2.05) is 66.7 Å². The van der Waals surface area contributed by atoms with Crippen molar-refractivity contribution in [2.75, 3.05) is 0 Å². The topological polar surface area (TPSA) is 9.23 Å². The molecular weight excluding hydrogens is 220 g/mol. The molecule has 2 aromatic rings. The van der Waals surface area contributed by atoms with Gasteiger partial charge in [-0.3, -0.25) is 0 Å². The van der Waals surface area contributed by atoms with Gasteiger partial charge in [0.1, 0.15) is 6.08 Å². The van der Waals surface area contributed by atoms with E-state index >= 15 is 0 Å². The van der Waals surface area contributed by atoms with E-state index in [9.17, 15) is 0 Å². The zero-order chi connectivity index (χ0) is 13.6. The summed E-state index contributed by atoms with van der Waals surface area (Å²) in [6, 6.07) is 19.3. The zero-order valence-electron chi connectivity index (χ0n) is 11.1. The molecule has 0 aliphatic rings. The Morgan fingerprint density at radius 1 is 1.00 bits per heavy atom. The van der Waals surface area contributed by atoms with Crippen LogP contribution in [0.2, 0.25) is 0 Å². The highest BCUT2D eigenvalue weighted by Gasteiger charge is 2.05. The van der Waals surface area contributed by atoms with Crippen molar-refractivity contribution in [1.82, 2.24) is 0 Å². The second-order valence-corrected chi connectivity index (χ2v) is 3.76. The molecule has 90 valence electrons. The summed E-state index contributed by atoms with van der Waals surface area (Å²) in [6.07, 6.45) is 3.65. The van der Waals surface area contributed by atoms with Crippen molar-refractivity contribution in [2.24, 2.45) is 0 Å². The summed E-state index contributed by atoms with van der Waals surface area (Å²) in [4.78, 5) is 0. The second-order valence-electron chi connectivity index (χ2n) is 3.76. The van der Waals surface area contributed by atoms with Gasteiger partial charge in [0.25, 0.3) is 0 Å². The molecule has 0 N–H and O–H groups in total. The summed E-state index contributed by atoms with van der Waals surface area (Å²) in [5.74, 6) is 0. The smallest absolute Gasteiger partial charge is 0.141 e. The van der Waals surface area contributed by atoms with Crippen molar-refractivity contribution in [3.8, 4) is 0 Å². The van der Waals surface area contributed by atoms with E-state index in [4.69, 9.17) is 6.11 Å². The van der Waals surface area contributed by atoms with Crippen LogP contribution in [0.5, 0.6) is 0 Å². The molecule has 2 rings (SSSR count). The molecule has 2 aromatic carbocycles.